The molecule has 0 atom stereocenters. The quantitative estimate of drug-likeness (QED) is 0.185. The molecule has 29 heavy (non-hydrogen) atoms. The lowest BCUT2D eigenvalue weighted by molar-refractivity contribution is 0.167. The number of urea groups is 1. The lowest BCUT2D eigenvalue weighted by Crippen LogP contribution is -2.41. The zero-order valence-corrected chi connectivity index (χ0v) is 18.3. The molecule has 3 N–H and O–H groups in total. The molecule has 0 aromatic heterocycles. The Morgan fingerprint density at radius 3 is 2.52 bits per heavy atom. The van der Waals surface area contributed by atoms with E-state index in [1.165, 1.54) is 37.5 Å². The van der Waals surface area contributed by atoms with Crippen LogP contribution in [0.3, 0.4) is 0 Å². The number of nitrogens with zero attached hydrogens (tertiary/aromatic N) is 2. The maximum absolute atomic E-state index is 11.8. The number of hydrogen-bond donors (Lipinski definition) is 2. The molecule has 1 fully saturated rings. The fourth-order valence-corrected chi connectivity index (χ4v) is 3.08. The van der Waals surface area contributed by atoms with Gasteiger partial charge in [-0.15, -0.1) is 0 Å². The normalized spacial score (nSPS) is 18.7. The monoisotopic (exact) mass is 400 g/mol. The van der Waals surface area contributed by atoms with Gasteiger partial charge < -0.3 is 10.2 Å². The zero-order valence-electron chi connectivity index (χ0n) is 18.3. The summed E-state index contributed by atoms with van der Waals surface area (Å²) in [5.74, 6) is 5.47. The van der Waals surface area contributed by atoms with Crippen molar-refractivity contribution in [1.82, 2.24) is 10.3 Å². The third-order valence-corrected chi connectivity index (χ3v) is 4.61. The summed E-state index contributed by atoms with van der Waals surface area (Å²) in [5.41, 5.74) is 5.21. The van der Waals surface area contributed by atoms with Crippen LogP contribution in [-0.4, -0.2) is 30.4 Å². The number of rotatable bonds is 9. The molecule has 0 bridgehead atoms. The first-order valence-corrected chi connectivity index (χ1v) is 10.2. The topological polar surface area (TPSA) is 80.0 Å². The van der Waals surface area contributed by atoms with Crippen LogP contribution in [-0.2, 0) is 4.84 Å². The predicted octanol–water partition coefficient (Wildman–Crippen LogP) is 5.14. The molecule has 1 aliphatic carbocycles. The molecule has 0 heterocycles. The summed E-state index contributed by atoms with van der Waals surface area (Å²) < 4.78 is 0. The molecule has 0 aromatic rings. The van der Waals surface area contributed by atoms with E-state index < -0.39 is 6.03 Å². The second-order valence-electron chi connectivity index (χ2n) is 7.05. The standard InChI is InChI=1S/C23H36N4O2/c1-6-11-19-13-9-10-14-20(19)16-15-18(4)26-29-17-21(12-7-2)22(8-3)25-23(28)27(5)24/h7-8,11-12,16H,2,6,9-10,13-15,17,24H2,1,3-5H3,(H,25,28)/b19-11-,20-16-,21-12-,22-8+,26-18?. The molecule has 0 radical (unpaired) electrons. The van der Waals surface area contributed by atoms with Crippen molar-refractivity contribution in [3.05, 3.63) is 59.4 Å². The molecule has 6 nitrogen and oxygen atoms in total. The summed E-state index contributed by atoms with van der Waals surface area (Å²) in [6.45, 7) is 9.91. The van der Waals surface area contributed by atoms with Crippen LogP contribution in [0.15, 0.2) is 64.5 Å². The molecule has 0 saturated heterocycles. The second kappa shape index (κ2) is 13.6. The number of allylic oxidation sites excluding steroid dienone is 7. The Morgan fingerprint density at radius 2 is 1.97 bits per heavy atom. The van der Waals surface area contributed by atoms with Gasteiger partial charge in [0.05, 0.1) is 5.71 Å². The van der Waals surface area contributed by atoms with Crippen molar-refractivity contribution < 1.29 is 9.63 Å². The molecular formula is C23H36N4O2. The maximum Gasteiger partial charge on any atom is 0.335 e. The van der Waals surface area contributed by atoms with Gasteiger partial charge in [-0.3, -0.25) is 5.01 Å². The summed E-state index contributed by atoms with van der Waals surface area (Å²) in [7, 11) is 1.48. The number of hydrogen-bond acceptors (Lipinski definition) is 4. The Morgan fingerprint density at radius 1 is 1.31 bits per heavy atom. The van der Waals surface area contributed by atoms with Crippen LogP contribution in [0.25, 0.3) is 0 Å². The molecule has 6 heteroatoms. The van der Waals surface area contributed by atoms with E-state index in [0.29, 0.717) is 5.70 Å². The van der Waals surface area contributed by atoms with Gasteiger partial charge in [-0.25, -0.2) is 10.6 Å². The van der Waals surface area contributed by atoms with Crippen LogP contribution in [0.5, 0.6) is 0 Å². The molecule has 0 unspecified atom stereocenters. The number of nitrogens with two attached hydrogens (primary N) is 1. The summed E-state index contributed by atoms with van der Waals surface area (Å²) in [6, 6.07) is -0.414. The van der Waals surface area contributed by atoms with E-state index in [2.05, 4.69) is 36.1 Å². The van der Waals surface area contributed by atoms with E-state index in [-0.39, 0.29) is 6.61 Å². The highest BCUT2D eigenvalue weighted by Crippen LogP contribution is 2.29. The summed E-state index contributed by atoms with van der Waals surface area (Å²) in [4.78, 5) is 17.4. The van der Waals surface area contributed by atoms with Crippen LogP contribution in [0, 0.1) is 0 Å². The van der Waals surface area contributed by atoms with E-state index in [9.17, 15) is 4.79 Å². The van der Waals surface area contributed by atoms with Crippen molar-refractivity contribution in [2.24, 2.45) is 11.0 Å². The van der Waals surface area contributed by atoms with Crippen molar-refractivity contribution in [2.45, 2.75) is 59.3 Å². The molecule has 1 rings (SSSR count). The first-order chi connectivity index (χ1) is 13.9. The van der Waals surface area contributed by atoms with Crippen molar-refractivity contribution in [3.8, 4) is 0 Å². The molecule has 1 saturated carbocycles. The van der Waals surface area contributed by atoms with Crippen LogP contribution < -0.4 is 11.2 Å². The highest BCUT2D eigenvalue weighted by atomic mass is 16.6. The second-order valence-corrected chi connectivity index (χ2v) is 7.05. The predicted molar refractivity (Wildman–Crippen MR) is 121 cm³/mol. The lowest BCUT2D eigenvalue weighted by Gasteiger charge is -2.18. The minimum Gasteiger partial charge on any atom is -0.391 e. The fourth-order valence-electron chi connectivity index (χ4n) is 3.08. The van der Waals surface area contributed by atoms with Gasteiger partial charge in [0.15, 0.2) is 0 Å². The van der Waals surface area contributed by atoms with E-state index in [1.54, 1.807) is 18.2 Å². The van der Waals surface area contributed by atoms with E-state index >= 15 is 0 Å². The third kappa shape index (κ3) is 8.96. The molecule has 160 valence electrons. The average Bonchev–Trinajstić information content (AvgIpc) is 2.70. The Kier molecular flexibility index (Phi) is 11.4. The highest BCUT2D eigenvalue weighted by molar-refractivity contribution is 5.83. The Bertz CT molecular complexity index is 712. The molecule has 1 aliphatic rings. The minimum absolute atomic E-state index is 0.217. The van der Waals surface area contributed by atoms with Gasteiger partial charge in [-0.1, -0.05) is 49.0 Å². The number of oxime groups is 1. The zero-order chi connectivity index (χ0) is 21.6. The van der Waals surface area contributed by atoms with Crippen LogP contribution >= 0.6 is 0 Å². The summed E-state index contributed by atoms with van der Waals surface area (Å²) in [5, 5.41) is 7.96. The number of hydrazine groups is 1. The van der Waals surface area contributed by atoms with E-state index in [0.717, 1.165) is 35.6 Å². The molecular weight excluding hydrogens is 364 g/mol. The maximum atomic E-state index is 11.8. The number of nitrogens with one attached hydrogen (secondary N) is 1. The Balaban J connectivity index is 2.71. The molecule has 0 aliphatic heterocycles. The lowest BCUT2D eigenvalue weighted by atomic mass is 9.88. The summed E-state index contributed by atoms with van der Waals surface area (Å²) in [6.07, 6.45) is 16.5. The van der Waals surface area contributed by atoms with Crippen molar-refractivity contribution in [1.29, 1.82) is 0 Å². The van der Waals surface area contributed by atoms with Gasteiger partial charge >= 0.3 is 6.03 Å². The largest absolute Gasteiger partial charge is 0.391 e. The molecule has 0 spiro atoms. The number of carbonyl (C=O) groups is 1. The average molecular weight is 401 g/mol. The first-order valence-electron chi connectivity index (χ1n) is 10.2. The fraction of sp³-hybridized carbons (Fsp3) is 0.478. The molecule has 2 amide bonds. The smallest absolute Gasteiger partial charge is 0.335 e. The SMILES string of the molecule is C=C/C=C(CON=C(C)C/C=C1/CCCC/C1=C/CC)\C(=C/C)NC(=O)N(C)N. The van der Waals surface area contributed by atoms with Gasteiger partial charge in [0, 0.05) is 24.7 Å². The van der Waals surface area contributed by atoms with E-state index in [4.69, 9.17) is 10.7 Å². The van der Waals surface area contributed by atoms with Crippen LogP contribution in [0.2, 0.25) is 0 Å². The number of amides is 2. The Labute approximate surface area is 175 Å². The highest BCUT2D eigenvalue weighted by Gasteiger charge is 2.12. The van der Waals surface area contributed by atoms with Gasteiger partial charge in [0.25, 0.3) is 0 Å². The van der Waals surface area contributed by atoms with Gasteiger partial charge in [-0.05, 0) is 57.1 Å². The van der Waals surface area contributed by atoms with Gasteiger partial charge in [0.1, 0.15) is 6.61 Å². The van der Waals surface area contributed by atoms with Crippen molar-refractivity contribution >= 4 is 11.7 Å². The Hall–Kier alpha value is -2.60. The number of carbonyl (C=O) groups excluding carboxylic acids is 1. The first kappa shape index (κ1) is 24.4. The van der Waals surface area contributed by atoms with Crippen LogP contribution in [0.4, 0.5) is 4.79 Å². The van der Waals surface area contributed by atoms with Gasteiger partial charge in [0.2, 0.25) is 0 Å². The molecule has 0 aromatic carbocycles. The minimum atomic E-state index is -0.414. The van der Waals surface area contributed by atoms with E-state index in [1.807, 2.05) is 13.8 Å². The van der Waals surface area contributed by atoms with Crippen molar-refractivity contribution in [2.75, 3.05) is 13.7 Å². The van der Waals surface area contributed by atoms with Crippen molar-refractivity contribution in [3.63, 3.8) is 0 Å². The third-order valence-electron chi connectivity index (χ3n) is 4.61. The van der Waals surface area contributed by atoms with Gasteiger partial charge in [-0.2, -0.15) is 0 Å². The summed E-state index contributed by atoms with van der Waals surface area (Å²) >= 11 is 0. The van der Waals surface area contributed by atoms with Crippen LogP contribution in [0.1, 0.15) is 59.3 Å².